The molecule has 0 unspecified atom stereocenters. The summed E-state index contributed by atoms with van der Waals surface area (Å²) in [6.45, 7) is 1.83. The normalized spacial score (nSPS) is 10.5. The number of rotatable bonds is 3. The van der Waals surface area contributed by atoms with Gasteiger partial charge in [-0.2, -0.15) is 4.98 Å². The Bertz CT molecular complexity index is 564. The van der Waals surface area contributed by atoms with Crippen molar-refractivity contribution in [3.05, 3.63) is 39.7 Å². The fourth-order valence-electron chi connectivity index (χ4n) is 1.39. The van der Waals surface area contributed by atoms with E-state index in [0.717, 1.165) is 0 Å². The van der Waals surface area contributed by atoms with Crippen molar-refractivity contribution < 1.29 is 9.45 Å². The second kappa shape index (κ2) is 4.30. The van der Waals surface area contributed by atoms with E-state index in [0.29, 0.717) is 17.0 Å². The maximum Gasteiger partial charge on any atom is 0.273 e. The molecule has 1 aromatic carbocycles. The number of nitrogens with zero attached hydrogens (tertiary/aromatic N) is 3. The summed E-state index contributed by atoms with van der Waals surface area (Å²) in [5, 5.41) is 14.4. The number of nitro groups is 1. The van der Waals surface area contributed by atoms with E-state index in [1.807, 2.05) is 0 Å². The summed E-state index contributed by atoms with van der Waals surface area (Å²) in [6.07, 6.45) is 0. The lowest BCUT2D eigenvalue weighted by Gasteiger charge is -1.98. The van der Waals surface area contributed by atoms with Gasteiger partial charge in [-0.25, -0.2) is 0 Å². The number of aromatic nitrogens is 2. The van der Waals surface area contributed by atoms with Gasteiger partial charge in [0, 0.05) is 17.2 Å². The molecule has 0 saturated carbocycles. The number of aryl methyl sites for hydroxylation is 1. The molecule has 2 N–H and O–H groups in total. The minimum absolute atomic E-state index is 0.0231. The minimum Gasteiger partial charge on any atom is -0.334 e. The Labute approximate surface area is 96.4 Å². The summed E-state index contributed by atoms with van der Waals surface area (Å²) in [6, 6.07) is 4.74. The van der Waals surface area contributed by atoms with Crippen LogP contribution >= 0.6 is 0 Å². The van der Waals surface area contributed by atoms with Crippen LogP contribution in [-0.4, -0.2) is 15.1 Å². The van der Waals surface area contributed by atoms with Gasteiger partial charge in [0.15, 0.2) is 5.82 Å². The van der Waals surface area contributed by atoms with Gasteiger partial charge in [-0.05, 0) is 13.0 Å². The Morgan fingerprint density at radius 3 is 2.88 bits per heavy atom. The molecule has 2 rings (SSSR count). The van der Waals surface area contributed by atoms with E-state index in [2.05, 4.69) is 10.1 Å². The lowest BCUT2D eigenvalue weighted by atomic mass is 10.1. The molecule has 0 bridgehead atoms. The third-order valence-corrected chi connectivity index (χ3v) is 2.30. The summed E-state index contributed by atoms with van der Waals surface area (Å²) < 4.78 is 4.95. The number of hydrogen-bond acceptors (Lipinski definition) is 6. The molecular formula is C10H10N4O3. The fourth-order valence-corrected chi connectivity index (χ4v) is 1.39. The highest BCUT2D eigenvalue weighted by Crippen LogP contribution is 2.25. The predicted molar refractivity (Wildman–Crippen MR) is 59.0 cm³/mol. The summed E-state index contributed by atoms with van der Waals surface area (Å²) in [4.78, 5) is 14.3. The largest absolute Gasteiger partial charge is 0.334 e. The van der Waals surface area contributed by atoms with E-state index in [4.69, 9.17) is 10.3 Å². The van der Waals surface area contributed by atoms with E-state index in [1.54, 1.807) is 19.1 Å². The maximum absolute atomic E-state index is 10.8. The SMILES string of the molecule is Cc1ccc(-c2nc(CN)no2)cc1[N+](=O)[O-]. The second-order valence-electron chi connectivity index (χ2n) is 3.48. The van der Waals surface area contributed by atoms with Crippen LogP contribution in [0.5, 0.6) is 0 Å². The number of nitro benzene ring substituents is 1. The number of nitrogens with two attached hydrogens (primary N) is 1. The molecule has 0 aliphatic rings. The van der Waals surface area contributed by atoms with Crippen LogP contribution in [0.3, 0.4) is 0 Å². The Morgan fingerprint density at radius 1 is 1.53 bits per heavy atom. The lowest BCUT2D eigenvalue weighted by Crippen LogP contribution is -1.97. The standard InChI is InChI=1S/C10H10N4O3/c1-6-2-3-7(4-8(6)14(15)16)10-12-9(5-11)13-17-10/h2-4H,5,11H2,1H3. The molecule has 7 heteroatoms. The van der Waals surface area contributed by atoms with Crippen LogP contribution in [0.25, 0.3) is 11.5 Å². The molecule has 2 aromatic rings. The molecule has 7 nitrogen and oxygen atoms in total. The van der Waals surface area contributed by atoms with Crippen molar-refractivity contribution in [3.8, 4) is 11.5 Å². The molecule has 0 atom stereocenters. The molecule has 0 fully saturated rings. The predicted octanol–water partition coefficient (Wildman–Crippen LogP) is 1.41. The highest BCUT2D eigenvalue weighted by atomic mass is 16.6. The Hall–Kier alpha value is -2.28. The third kappa shape index (κ3) is 2.13. The molecule has 0 amide bonds. The molecule has 1 aromatic heterocycles. The van der Waals surface area contributed by atoms with E-state index < -0.39 is 4.92 Å². The number of hydrogen-bond donors (Lipinski definition) is 1. The van der Waals surface area contributed by atoms with E-state index in [-0.39, 0.29) is 18.1 Å². The van der Waals surface area contributed by atoms with Crippen molar-refractivity contribution in [3.63, 3.8) is 0 Å². The van der Waals surface area contributed by atoms with Crippen LogP contribution in [0.2, 0.25) is 0 Å². The second-order valence-corrected chi connectivity index (χ2v) is 3.48. The van der Waals surface area contributed by atoms with Crippen molar-refractivity contribution >= 4 is 5.69 Å². The van der Waals surface area contributed by atoms with Gasteiger partial charge in [-0.3, -0.25) is 10.1 Å². The highest BCUT2D eigenvalue weighted by molar-refractivity contribution is 5.59. The fraction of sp³-hybridized carbons (Fsp3) is 0.200. The van der Waals surface area contributed by atoms with Gasteiger partial charge >= 0.3 is 0 Å². The Morgan fingerprint density at radius 2 is 2.29 bits per heavy atom. The first-order chi connectivity index (χ1) is 8.11. The summed E-state index contributed by atoms with van der Waals surface area (Å²) >= 11 is 0. The van der Waals surface area contributed by atoms with Crippen molar-refractivity contribution in [2.24, 2.45) is 5.73 Å². The van der Waals surface area contributed by atoms with E-state index in [9.17, 15) is 10.1 Å². The zero-order valence-electron chi connectivity index (χ0n) is 9.08. The number of benzene rings is 1. The first kappa shape index (κ1) is 11.2. The van der Waals surface area contributed by atoms with Gasteiger partial charge in [0.2, 0.25) is 0 Å². The highest BCUT2D eigenvalue weighted by Gasteiger charge is 2.15. The van der Waals surface area contributed by atoms with Gasteiger partial charge < -0.3 is 10.3 Å². The van der Waals surface area contributed by atoms with E-state index in [1.165, 1.54) is 6.07 Å². The van der Waals surface area contributed by atoms with Gasteiger partial charge in [0.1, 0.15) is 0 Å². The van der Waals surface area contributed by atoms with Gasteiger partial charge in [0.25, 0.3) is 11.6 Å². The van der Waals surface area contributed by atoms with Gasteiger partial charge in [0.05, 0.1) is 11.5 Å². The van der Waals surface area contributed by atoms with Crippen LogP contribution in [0.1, 0.15) is 11.4 Å². The molecule has 1 heterocycles. The molecule has 0 aliphatic heterocycles. The zero-order valence-corrected chi connectivity index (χ0v) is 9.08. The van der Waals surface area contributed by atoms with Crippen molar-refractivity contribution in [2.75, 3.05) is 0 Å². The lowest BCUT2D eigenvalue weighted by molar-refractivity contribution is -0.385. The van der Waals surface area contributed by atoms with Crippen LogP contribution < -0.4 is 5.73 Å². The molecule has 0 saturated heterocycles. The third-order valence-electron chi connectivity index (χ3n) is 2.30. The average molecular weight is 234 g/mol. The first-order valence-electron chi connectivity index (χ1n) is 4.90. The smallest absolute Gasteiger partial charge is 0.273 e. The topological polar surface area (TPSA) is 108 Å². The molecule has 88 valence electrons. The monoisotopic (exact) mass is 234 g/mol. The minimum atomic E-state index is -0.445. The van der Waals surface area contributed by atoms with Gasteiger partial charge in [-0.15, -0.1) is 0 Å². The summed E-state index contributed by atoms with van der Waals surface area (Å²) in [5.41, 5.74) is 6.46. The maximum atomic E-state index is 10.8. The van der Waals surface area contributed by atoms with Crippen molar-refractivity contribution in [1.82, 2.24) is 10.1 Å². The van der Waals surface area contributed by atoms with Crippen LogP contribution in [0.15, 0.2) is 22.7 Å². The van der Waals surface area contributed by atoms with Crippen molar-refractivity contribution in [2.45, 2.75) is 13.5 Å². The van der Waals surface area contributed by atoms with Crippen LogP contribution in [0, 0.1) is 17.0 Å². The molecule has 0 aliphatic carbocycles. The molecule has 17 heavy (non-hydrogen) atoms. The first-order valence-corrected chi connectivity index (χ1v) is 4.90. The summed E-state index contributed by atoms with van der Waals surface area (Å²) in [7, 11) is 0. The molecule has 0 spiro atoms. The van der Waals surface area contributed by atoms with Gasteiger partial charge in [-0.1, -0.05) is 11.2 Å². The van der Waals surface area contributed by atoms with E-state index >= 15 is 0 Å². The van der Waals surface area contributed by atoms with Crippen LogP contribution in [-0.2, 0) is 6.54 Å². The Kier molecular flexibility index (Phi) is 2.84. The Balaban J connectivity index is 2.46. The molecular weight excluding hydrogens is 224 g/mol. The summed E-state index contributed by atoms with van der Waals surface area (Å²) in [5.74, 6) is 0.594. The zero-order chi connectivity index (χ0) is 12.4. The van der Waals surface area contributed by atoms with Crippen LogP contribution in [0.4, 0.5) is 5.69 Å². The average Bonchev–Trinajstić information content (AvgIpc) is 2.78. The van der Waals surface area contributed by atoms with Crippen molar-refractivity contribution in [1.29, 1.82) is 0 Å². The quantitative estimate of drug-likeness (QED) is 0.635. The molecule has 0 radical (unpaired) electrons.